The molecule has 2 aromatic carbocycles. The van der Waals surface area contributed by atoms with E-state index in [0.29, 0.717) is 6.54 Å². The van der Waals surface area contributed by atoms with Crippen LogP contribution < -0.4 is 0 Å². The zero-order valence-corrected chi connectivity index (χ0v) is 18.0. The van der Waals surface area contributed by atoms with E-state index in [9.17, 15) is 8.42 Å². The van der Waals surface area contributed by atoms with Crippen molar-refractivity contribution < 1.29 is 8.42 Å². The van der Waals surface area contributed by atoms with E-state index in [1.54, 1.807) is 6.08 Å². The molecule has 0 N–H and O–H groups in total. The van der Waals surface area contributed by atoms with Gasteiger partial charge >= 0.3 is 0 Å². The maximum Gasteiger partial charge on any atom is 0.236 e. The molecular formula is C24H28N2O2S. The molecule has 3 aromatic rings. The average molecular weight is 409 g/mol. The Balaban J connectivity index is 1.81. The largest absolute Gasteiger partial charge is 0.346 e. The molecule has 5 heteroatoms. The number of aromatic nitrogens is 1. The number of aryl methyl sites for hydroxylation is 1. The fourth-order valence-corrected chi connectivity index (χ4v) is 4.67. The summed E-state index contributed by atoms with van der Waals surface area (Å²) >= 11 is 0. The highest BCUT2D eigenvalue weighted by Crippen LogP contribution is 2.18. The molecule has 0 spiro atoms. The number of hydrogen-bond donors (Lipinski definition) is 0. The Bertz CT molecular complexity index is 1070. The maximum atomic E-state index is 13.0. The first-order valence-electron chi connectivity index (χ1n) is 9.80. The van der Waals surface area contributed by atoms with Crippen molar-refractivity contribution in [1.82, 2.24) is 8.87 Å². The van der Waals surface area contributed by atoms with Crippen molar-refractivity contribution in [2.45, 2.75) is 39.9 Å². The molecule has 0 unspecified atom stereocenters. The molecule has 0 fully saturated rings. The fraction of sp³-hybridized carbons (Fsp3) is 0.250. The lowest BCUT2D eigenvalue weighted by molar-refractivity contribution is 0.345. The van der Waals surface area contributed by atoms with Crippen LogP contribution in [0.25, 0.3) is 6.08 Å². The van der Waals surface area contributed by atoms with Crippen LogP contribution in [-0.2, 0) is 23.1 Å². The van der Waals surface area contributed by atoms with Crippen LogP contribution in [0.1, 0.15) is 36.2 Å². The van der Waals surface area contributed by atoms with E-state index in [-0.39, 0.29) is 6.04 Å². The first-order chi connectivity index (χ1) is 13.8. The summed E-state index contributed by atoms with van der Waals surface area (Å²) in [6.45, 7) is 6.93. The van der Waals surface area contributed by atoms with E-state index in [4.69, 9.17) is 0 Å². The lowest BCUT2D eigenvalue weighted by Gasteiger charge is -2.25. The summed E-state index contributed by atoms with van der Waals surface area (Å²) in [5, 5.41) is 1.30. The third-order valence-corrected chi connectivity index (χ3v) is 6.50. The van der Waals surface area contributed by atoms with Gasteiger partial charge < -0.3 is 4.57 Å². The summed E-state index contributed by atoms with van der Waals surface area (Å²) < 4.78 is 29.7. The molecule has 0 saturated carbocycles. The molecule has 0 saturated heterocycles. The predicted octanol–water partition coefficient (Wildman–Crippen LogP) is 5.06. The Morgan fingerprint density at radius 2 is 1.76 bits per heavy atom. The molecule has 1 heterocycles. The van der Waals surface area contributed by atoms with Crippen molar-refractivity contribution in [1.29, 1.82) is 0 Å². The minimum atomic E-state index is -3.55. The van der Waals surface area contributed by atoms with Crippen LogP contribution in [-0.4, -0.2) is 23.3 Å². The molecule has 0 bridgehead atoms. The second-order valence-corrected chi connectivity index (χ2v) is 9.28. The third-order valence-electron chi connectivity index (χ3n) is 4.81. The number of hydrogen-bond acceptors (Lipinski definition) is 2. The molecule has 1 aromatic heterocycles. The normalized spacial score (nSPS) is 12.3. The van der Waals surface area contributed by atoms with Crippen molar-refractivity contribution in [3.05, 3.63) is 101 Å². The highest BCUT2D eigenvalue weighted by molar-refractivity contribution is 7.92. The molecule has 0 amide bonds. The Morgan fingerprint density at radius 1 is 1.00 bits per heavy atom. The van der Waals surface area contributed by atoms with Crippen LogP contribution in [0.15, 0.2) is 78.3 Å². The van der Waals surface area contributed by atoms with Gasteiger partial charge in [-0.2, -0.15) is 4.31 Å². The van der Waals surface area contributed by atoms with Crippen molar-refractivity contribution in [3.63, 3.8) is 0 Å². The molecule has 4 nitrogen and oxygen atoms in total. The van der Waals surface area contributed by atoms with Crippen LogP contribution in [0, 0.1) is 6.92 Å². The molecule has 3 rings (SSSR count). The molecule has 0 aliphatic carbocycles. The van der Waals surface area contributed by atoms with Gasteiger partial charge in [0.2, 0.25) is 10.0 Å². The van der Waals surface area contributed by atoms with E-state index >= 15 is 0 Å². The van der Waals surface area contributed by atoms with Gasteiger partial charge in [-0.3, -0.25) is 0 Å². The number of nitrogens with zero attached hydrogens (tertiary/aromatic N) is 2. The summed E-state index contributed by atoms with van der Waals surface area (Å²) in [4.78, 5) is 0. The monoisotopic (exact) mass is 408 g/mol. The molecule has 0 atom stereocenters. The van der Waals surface area contributed by atoms with Gasteiger partial charge in [0.15, 0.2) is 0 Å². The van der Waals surface area contributed by atoms with Crippen LogP contribution in [0.2, 0.25) is 0 Å². The Labute approximate surface area is 174 Å². The number of benzene rings is 2. The molecular weight excluding hydrogens is 380 g/mol. The van der Waals surface area contributed by atoms with Gasteiger partial charge in [-0.05, 0) is 50.1 Å². The molecule has 29 heavy (non-hydrogen) atoms. The van der Waals surface area contributed by atoms with Crippen molar-refractivity contribution in [2.24, 2.45) is 0 Å². The number of rotatable bonds is 8. The quantitative estimate of drug-likeness (QED) is 0.523. The second kappa shape index (κ2) is 9.25. The molecule has 0 aliphatic heterocycles. The van der Waals surface area contributed by atoms with Gasteiger partial charge in [0.25, 0.3) is 0 Å². The van der Waals surface area contributed by atoms with Gasteiger partial charge in [-0.25, -0.2) is 8.42 Å². The molecule has 152 valence electrons. The third kappa shape index (κ3) is 5.68. The van der Waals surface area contributed by atoms with E-state index in [0.717, 1.165) is 17.8 Å². The summed E-state index contributed by atoms with van der Waals surface area (Å²) in [5.41, 5.74) is 4.25. The Hall–Kier alpha value is -2.63. The van der Waals surface area contributed by atoms with Crippen LogP contribution >= 0.6 is 0 Å². The summed E-state index contributed by atoms with van der Waals surface area (Å²) in [5.74, 6) is 0. The van der Waals surface area contributed by atoms with E-state index in [1.807, 2.05) is 68.6 Å². The maximum absolute atomic E-state index is 13.0. The zero-order chi connectivity index (χ0) is 20.9. The minimum absolute atomic E-state index is 0.150. The van der Waals surface area contributed by atoms with E-state index in [2.05, 4.69) is 29.7 Å². The highest BCUT2D eigenvalue weighted by atomic mass is 32.2. The topological polar surface area (TPSA) is 42.3 Å². The molecule has 0 radical (unpaired) electrons. The standard InChI is InChI=1S/C24H28N2O2S/c1-20(2)26(29(27,28)16-14-22-10-5-4-6-11-22)19-24-13-8-15-25(24)18-23-12-7-9-21(3)17-23/h4-17,20H,18-19H2,1-3H3. The van der Waals surface area contributed by atoms with Crippen LogP contribution in [0.4, 0.5) is 0 Å². The van der Waals surface area contributed by atoms with Crippen molar-refractivity contribution in [3.8, 4) is 0 Å². The second-order valence-electron chi connectivity index (χ2n) is 7.51. The van der Waals surface area contributed by atoms with Gasteiger partial charge in [-0.1, -0.05) is 60.2 Å². The van der Waals surface area contributed by atoms with Crippen molar-refractivity contribution >= 4 is 16.1 Å². The summed E-state index contributed by atoms with van der Waals surface area (Å²) in [6.07, 6.45) is 3.65. The lowest BCUT2D eigenvalue weighted by Crippen LogP contribution is -2.35. The van der Waals surface area contributed by atoms with Crippen LogP contribution in [0.5, 0.6) is 0 Å². The van der Waals surface area contributed by atoms with Gasteiger partial charge in [0, 0.05) is 29.9 Å². The van der Waals surface area contributed by atoms with Gasteiger partial charge in [0.05, 0.1) is 6.54 Å². The first kappa shape index (κ1) is 21.1. The van der Waals surface area contributed by atoms with Gasteiger partial charge in [0.1, 0.15) is 0 Å². The van der Waals surface area contributed by atoms with E-state index < -0.39 is 10.0 Å². The minimum Gasteiger partial charge on any atom is -0.346 e. The SMILES string of the molecule is Cc1cccc(Cn2cccc2CN(C(C)C)S(=O)(=O)C=Cc2ccccc2)c1. The fourth-order valence-electron chi connectivity index (χ4n) is 3.29. The summed E-state index contributed by atoms with van der Waals surface area (Å²) in [7, 11) is -3.55. The Morgan fingerprint density at radius 3 is 2.45 bits per heavy atom. The lowest BCUT2D eigenvalue weighted by atomic mass is 10.1. The average Bonchev–Trinajstić information content (AvgIpc) is 3.12. The predicted molar refractivity (Wildman–Crippen MR) is 120 cm³/mol. The Kier molecular flexibility index (Phi) is 6.72. The van der Waals surface area contributed by atoms with Gasteiger partial charge in [-0.15, -0.1) is 0 Å². The van der Waals surface area contributed by atoms with Crippen molar-refractivity contribution in [2.75, 3.05) is 0 Å². The number of sulfonamides is 1. The highest BCUT2D eigenvalue weighted by Gasteiger charge is 2.23. The zero-order valence-electron chi connectivity index (χ0n) is 17.2. The summed E-state index contributed by atoms with van der Waals surface area (Å²) in [6, 6.07) is 21.7. The first-order valence-corrected chi connectivity index (χ1v) is 11.3. The van der Waals surface area contributed by atoms with E-state index in [1.165, 1.54) is 20.8 Å². The molecule has 0 aliphatic rings. The van der Waals surface area contributed by atoms with Crippen LogP contribution in [0.3, 0.4) is 0 Å². The smallest absolute Gasteiger partial charge is 0.236 e.